The van der Waals surface area contributed by atoms with Crippen molar-refractivity contribution in [1.29, 1.82) is 0 Å². The van der Waals surface area contributed by atoms with Crippen LogP contribution in [0.25, 0.3) is 0 Å². The number of carbonyl (C=O) groups excluding carboxylic acids is 1. The third kappa shape index (κ3) is 5.30. The van der Waals surface area contributed by atoms with Crippen LogP contribution in [-0.2, 0) is 14.8 Å². The van der Waals surface area contributed by atoms with Crippen LogP contribution in [0.3, 0.4) is 0 Å². The number of sulfonamides is 1. The van der Waals surface area contributed by atoms with Crippen LogP contribution in [0.15, 0.2) is 35.2 Å². The number of rotatable bonds is 6. The molecule has 6 heteroatoms. The van der Waals surface area contributed by atoms with E-state index in [4.69, 9.17) is 0 Å². The minimum absolute atomic E-state index is 0.0948. The lowest BCUT2D eigenvalue weighted by molar-refractivity contribution is -0.132. The van der Waals surface area contributed by atoms with Crippen molar-refractivity contribution in [1.82, 2.24) is 9.62 Å². The fourth-order valence-electron chi connectivity index (χ4n) is 4.10. The molecule has 1 saturated heterocycles. The summed E-state index contributed by atoms with van der Waals surface area (Å²) in [6, 6.07) is 8.36. The van der Waals surface area contributed by atoms with Gasteiger partial charge in [0.2, 0.25) is 15.9 Å². The molecule has 1 aromatic rings. The van der Waals surface area contributed by atoms with E-state index >= 15 is 0 Å². The van der Waals surface area contributed by atoms with Crippen LogP contribution in [0.1, 0.15) is 57.8 Å². The quantitative estimate of drug-likeness (QED) is 0.826. The predicted molar refractivity (Wildman–Crippen MR) is 102 cm³/mol. The summed E-state index contributed by atoms with van der Waals surface area (Å²) in [5.74, 6) is 0.961. The second-order valence-corrected chi connectivity index (χ2v) is 9.35. The number of hydrogen-bond acceptors (Lipinski definition) is 3. The molecule has 0 aromatic heterocycles. The van der Waals surface area contributed by atoms with E-state index in [1.165, 1.54) is 32.1 Å². The molecule has 2 fully saturated rings. The molecule has 0 unspecified atom stereocenters. The van der Waals surface area contributed by atoms with E-state index in [-0.39, 0.29) is 11.9 Å². The Labute approximate surface area is 157 Å². The Balaban J connectivity index is 1.43. The lowest BCUT2D eigenvalue weighted by atomic mass is 9.86. The molecule has 1 saturated carbocycles. The highest BCUT2D eigenvalue weighted by atomic mass is 32.2. The van der Waals surface area contributed by atoms with Crippen LogP contribution in [0.2, 0.25) is 0 Å². The molecule has 0 atom stereocenters. The number of hydrogen-bond donors (Lipinski definition) is 1. The van der Waals surface area contributed by atoms with Gasteiger partial charge in [-0.2, -0.15) is 0 Å². The molecular weight excluding hydrogens is 348 g/mol. The number of nitrogens with zero attached hydrogens (tertiary/aromatic N) is 1. The van der Waals surface area contributed by atoms with Crippen molar-refractivity contribution in [3.8, 4) is 0 Å². The van der Waals surface area contributed by atoms with Gasteiger partial charge in [-0.05, 0) is 37.3 Å². The molecule has 1 aliphatic heterocycles. The topological polar surface area (TPSA) is 66.5 Å². The minimum atomic E-state index is -3.48. The average molecular weight is 379 g/mol. The van der Waals surface area contributed by atoms with Crippen molar-refractivity contribution >= 4 is 15.9 Å². The third-order valence-corrected chi connectivity index (χ3v) is 7.25. The van der Waals surface area contributed by atoms with Gasteiger partial charge in [0.15, 0.2) is 0 Å². The Bertz CT molecular complexity index is 676. The molecule has 1 aliphatic carbocycles. The number of nitrogens with one attached hydrogen (secondary N) is 1. The van der Waals surface area contributed by atoms with Crippen LogP contribution < -0.4 is 4.72 Å². The fraction of sp³-hybridized carbons (Fsp3) is 0.650. The molecular formula is C20H30N2O3S. The van der Waals surface area contributed by atoms with E-state index in [2.05, 4.69) is 4.72 Å². The molecule has 3 rings (SSSR count). The first-order valence-electron chi connectivity index (χ1n) is 9.90. The number of likely N-dealkylation sites (tertiary alicyclic amines) is 1. The Kier molecular flexibility index (Phi) is 6.70. The minimum Gasteiger partial charge on any atom is -0.343 e. The van der Waals surface area contributed by atoms with Crippen molar-refractivity contribution in [3.05, 3.63) is 30.3 Å². The first-order valence-corrected chi connectivity index (χ1v) is 11.4. The van der Waals surface area contributed by atoms with E-state index in [1.54, 1.807) is 30.3 Å². The van der Waals surface area contributed by atoms with Crippen LogP contribution in [-0.4, -0.2) is 38.4 Å². The number of benzene rings is 1. The summed E-state index contributed by atoms with van der Waals surface area (Å²) in [5, 5.41) is 0. The standard InChI is InChI=1S/C20H30N2O3S/c23-20(12-11-17-7-3-1-4-8-17)22-15-13-18(14-16-22)21-26(24,25)19-9-5-2-6-10-19/h2,5-6,9-10,17-18,21H,1,3-4,7-8,11-16H2. The molecule has 2 aliphatic rings. The predicted octanol–water partition coefficient (Wildman–Crippen LogP) is 3.32. The molecule has 0 spiro atoms. The molecule has 26 heavy (non-hydrogen) atoms. The largest absolute Gasteiger partial charge is 0.343 e. The van der Waals surface area contributed by atoms with Gasteiger partial charge in [0.05, 0.1) is 4.90 Å². The van der Waals surface area contributed by atoms with Crippen LogP contribution in [0.4, 0.5) is 0 Å². The van der Waals surface area contributed by atoms with Gasteiger partial charge in [0, 0.05) is 25.6 Å². The maximum absolute atomic E-state index is 12.4. The zero-order valence-electron chi connectivity index (χ0n) is 15.4. The second kappa shape index (κ2) is 9.00. The number of carbonyl (C=O) groups is 1. The van der Waals surface area contributed by atoms with Gasteiger partial charge in [-0.3, -0.25) is 4.79 Å². The third-order valence-electron chi connectivity index (χ3n) is 5.71. The van der Waals surface area contributed by atoms with Gasteiger partial charge < -0.3 is 4.90 Å². The van der Waals surface area contributed by atoms with Crippen molar-refractivity contribution in [3.63, 3.8) is 0 Å². The van der Waals surface area contributed by atoms with Gasteiger partial charge in [0.1, 0.15) is 0 Å². The van der Waals surface area contributed by atoms with Gasteiger partial charge in [-0.15, -0.1) is 0 Å². The smallest absolute Gasteiger partial charge is 0.240 e. The molecule has 1 heterocycles. The van der Waals surface area contributed by atoms with E-state index in [0.29, 0.717) is 37.2 Å². The molecule has 1 amide bonds. The first-order chi connectivity index (χ1) is 12.5. The average Bonchev–Trinajstić information content (AvgIpc) is 2.68. The highest BCUT2D eigenvalue weighted by Gasteiger charge is 2.27. The first kappa shape index (κ1) is 19.4. The van der Waals surface area contributed by atoms with Gasteiger partial charge in [-0.25, -0.2) is 13.1 Å². The van der Waals surface area contributed by atoms with Crippen molar-refractivity contribution in [2.24, 2.45) is 5.92 Å². The number of amides is 1. The molecule has 144 valence electrons. The molecule has 1 N–H and O–H groups in total. The number of piperidine rings is 1. The maximum Gasteiger partial charge on any atom is 0.240 e. The Hall–Kier alpha value is -1.40. The second-order valence-electron chi connectivity index (χ2n) is 7.63. The summed E-state index contributed by atoms with van der Waals surface area (Å²) >= 11 is 0. The summed E-state index contributed by atoms with van der Waals surface area (Å²) < 4.78 is 27.6. The van der Waals surface area contributed by atoms with Crippen LogP contribution in [0.5, 0.6) is 0 Å². The lowest BCUT2D eigenvalue weighted by Gasteiger charge is -2.33. The molecule has 0 bridgehead atoms. The van der Waals surface area contributed by atoms with Crippen LogP contribution in [0, 0.1) is 5.92 Å². The van der Waals surface area contributed by atoms with Crippen LogP contribution >= 0.6 is 0 Å². The van der Waals surface area contributed by atoms with E-state index in [0.717, 1.165) is 12.3 Å². The zero-order valence-corrected chi connectivity index (χ0v) is 16.2. The van der Waals surface area contributed by atoms with Gasteiger partial charge in [0.25, 0.3) is 0 Å². The lowest BCUT2D eigenvalue weighted by Crippen LogP contribution is -2.46. The maximum atomic E-state index is 12.4. The highest BCUT2D eigenvalue weighted by molar-refractivity contribution is 7.89. The van der Waals surface area contributed by atoms with Gasteiger partial charge in [-0.1, -0.05) is 50.3 Å². The van der Waals surface area contributed by atoms with E-state index in [9.17, 15) is 13.2 Å². The monoisotopic (exact) mass is 378 g/mol. The van der Waals surface area contributed by atoms with Gasteiger partial charge >= 0.3 is 0 Å². The molecule has 1 aromatic carbocycles. The summed E-state index contributed by atoms with van der Waals surface area (Å²) in [4.78, 5) is 14.7. The fourth-order valence-corrected chi connectivity index (χ4v) is 5.42. The SMILES string of the molecule is O=C(CCC1CCCCC1)N1CCC(NS(=O)(=O)c2ccccc2)CC1. The summed E-state index contributed by atoms with van der Waals surface area (Å²) in [7, 11) is -3.48. The zero-order chi connectivity index (χ0) is 18.4. The summed E-state index contributed by atoms with van der Waals surface area (Å²) in [5.41, 5.74) is 0. The Morgan fingerprint density at radius 2 is 1.65 bits per heavy atom. The highest BCUT2D eigenvalue weighted by Crippen LogP contribution is 2.27. The summed E-state index contributed by atoms with van der Waals surface area (Å²) in [6.45, 7) is 1.29. The van der Waals surface area contributed by atoms with E-state index in [1.807, 2.05) is 4.90 Å². The normalized spacial score (nSPS) is 20.2. The Morgan fingerprint density at radius 3 is 2.31 bits per heavy atom. The van der Waals surface area contributed by atoms with E-state index < -0.39 is 10.0 Å². The molecule has 5 nitrogen and oxygen atoms in total. The van der Waals surface area contributed by atoms with Crippen molar-refractivity contribution < 1.29 is 13.2 Å². The Morgan fingerprint density at radius 1 is 1.00 bits per heavy atom. The summed E-state index contributed by atoms with van der Waals surface area (Å²) in [6.07, 6.45) is 9.54. The van der Waals surface area contributed by atoms with Crippen molar-refractivity contribution in [2.75, 3.05) is 13.1 Å². The molecule has 0 radical (unpaired) electrons. The van der Waals surface area contributed by atoms with Crippen molar-refractivity contribution in [2.45, 2.75) is 68.7 Å².